The minimum absolute atomic E-state index is 0.505. The van der Waals surface area contributed by atoms with Crippen molar-refractivity contribution in [2.45, 2.75) is 39.5 Å². The number of fused-ring (bicyclic) bond motifs is 2. The summed E-state index contributed by atoms with van der Waals surface area (Å²) >= 11 is 0. The smallest absolute Gasteiger partial charge is 0.158 e. The molecule has 0 N–H and O–H groups in total. The molecule has 4 aromatic heterocycles. The minimum Gasteiger partial charge on any atom is -0.307 e. The third-order valence-corrected chi connectivity index (χ3v) is 3.85. The van der Waals surface area contributed by atoms with Crippen molar-refractivity contribution in [3.8, 4) is 0 Å². The molecule has 4 aromatic rings. The molecular formula is C19H23N5. The van der Waals surface area contributed by atoms with Gasteiger partial charge in [0.1, 0.15) is 5.65 Å². The molecular weight excluding hydrogens is 298 g/mol. The number of rotatable bonds is 3. The van der Waals surface area contributed by atoms with Gasteiger partial charge in [0.05, 0.1) is 11.4 Å². The lowest BCUT2D eigenvalue weighted by molar-refractivity contribution is 0.834. The SMILES string of the molecule is CC(C)c1cn2ccccc2n1.CCCc1nccn2ccnc12. The van der Waals surface area contributed by atoms with Crippen LogP contribution in [-0.4, -0.2) is 23.8 Å². The average molecular weight is 321 g/mol. The molecule has 5 heteroatoms. The molecule has 0 fully saturated rings. The van der Waals surface area contributed by atoms with Crippen LogP contribution >= 0.6 is 0 Å². The molecule has 0 unspecified atom stereocenters. The van der Waals surface area contributed by atoms with Crippen molar-refractivity contribution in [1.82, 2.24) is 23.8 Å². The normalized spacial score (nSPS) is 11.0. The number of nitrogens with zero attached hydrogens (tertiary/aromatic N) is 5. The van der Waals surface area contributed by atoms with E-state index < -0.39 is 0 Å². The van der Waals surface area contributed by atoms with E-state index in [9.17, 15) is 0 Å². The Kier molecular flexibility index (Phi) is 4.89. The molecule has 0 radical (unpaired) electrons. The third kappa shape index (κ3) is 3.45. The van der Waals surface area contributed by atoms with Gasteiger partial charge in [-0.15, -0.1) is 0 Å². The first kappa shape index (κ1) is 16.2. The van der Waals surface area contributed by atoms with Gasteiger partial charge in [-0.3, -0.25) is 4.98 Å². The molecule has 0 saturated heterocycles. The summed E-state index contributed by atoms with van der Waals surface area (Å²) in [7, 11) is 0. The zero-order valence-electron chi connectivity index (χ0n) is 14.4. The van der Waals surface area contributed by atoms with Crippen molar-refractivity contribution in [3.05, 3.63) is 66.8 Å². The van der Waals surface area contributed by atoms with Gasteiger partial charge in [-0.2, -0.15) is 0 Å². The first-order valence-electron chi connectivity index (χ1n) is 8.39. The molecule has 0 atom stereocenters. The molecule has 24 heavy (non-hydrogen) atoms. The largest absolute Gasteiger partial charge is 0.307 e. The van der Waals surface area contributed by atoms with E-state index in [1.807, 2.05) is 47.4 Å². The van der Waals surface area contributed by atoms with Gasteiger partial charge in [0.25, 0.3) is 0 Å². The maximum atomic E-state index is 4.48. The lowest BCUT2D eigenvalue weighted by Gasteiger charge is -1.98. The first-order chi connectivity index (χ1) is 11.7. The molecule has 0 aliphatic rings. The maximum Gasteiger partial charge on any atom is 0.158 e. The second-order valence-corrected chi connectivity index (χ2v) is 6.07. The Hall–Kier alpha value is -2.69. The van der Waals surface area contributed by atoms with Crippen LogP contribution in [0.25, 0.3) is 11.3 Å². The Morgan fingerprint density at radius 1 is 1.00 bits per heavy atom. The number of aryl methyl sites for hydroxylation is 1. The highest BCUT2D eigenvalue weighted by Crippen LogP contribution is 2.13. The van der Waals surface area contributed by atoms with Crippen molar-refractivity contribution in [1.29, 1.82) is 0 Å². The van der Waals surface area contributed by atoms with Gasteiger partial charge in [0.2, 0.25) is 0 Å². The Balaban J connectivity index is 0.000000141. The summed E-state index contributed by atoms with van der Waals surface area (Å²) in [4.78, 5) is 13.0. The summed E-state index contributed by atoms with van der Waals surface area (Å²) in [5, 5.41) is 0. The number of hydrogen-bond donors (Lipinski definition) is 0. The fraction of sp³-hybridized carbons (Fsp3) is 0.316. The zero-order valence-corrected chi connectivity index (χ0v) is 14.4. The van der Waals surface area contributed by atoms with Crippen LogP contribution in [0.1, 0.15) is 44.5 Å². The second-order valence-electron chi connectivity index (χ2n) is 6.07. The first-order valence-corrected chi connectivity index (χ1v) is 8.39. The molecule has 0 spiro atoms. The van der Waals surface area contributed by atoms with Crippen molar-refractivity contribution < 1.29 is 0 Å². The zero-order chi connectivity index (χ0) is 16.9. The highest BCUT2D eigenvalue weighted by atomic mass is 15.0. The molecule has 4 rings (SSSR count). The minimum atomic E-state index is 0.505. The molecule has 0 saturated carbocycles. The van der Waals surface area contributed by atoms with Crippen molar-refractivity contribution in [2.24, 2.45) is 0 Å². The van der Waals surface area contributed by atoms with Crippen LogP contribution in [0.5, 0.6) is 0 Å². The third-order valence-electron chi connectivity index (χ3n) is 3.85. The molecule has 0 aromatic carbocycles. The van der Waals surface area contributed by atoms with E-state index in [1.54, 1.807) is 6.20 Å². The van der Waals surface area contributed by atoms with E-state index in [0.717, 1.165) is 35.5 Å². The van der Waals surface area contributed by atoms with Gasteiger partial charge in [-0.05, 0) is 24.5 Å². The van der Waals surface area contributed by atoms with Crippen LogP contribution in [0.3, 0.4) is 0 Å². The topological polar surface area (TPSA) is 47.5 Å². The Bertz CT molecular complexity index is 886. The lowest BCUT2D eigenvalue weighted by atomic mass is 10.2. The van der Waals surface area contributed by atoms with E-state index in [4.69, 9.17) is 0 Å². The van der Waals surface area contributed by atoms with Crippen LogP contribution in [0, 0.1) is 0 Å². The summed E-state index contributed by atoms with van der Waals surface area (Å²) in [6.07, 6.45) is 13.7. The average Bonchev–Trinajstić information content (AvgIpc) is 3.23. The highest BCUT2D eigenvalue weighted by Gasteiger charge is 2.03. The van der Waals surface area contributed by atoms with Gasteiger partial charge in [-0.1, -0.05) is 33.3 Å². The van der Waals surface area contributed by atoms with Gasteiger partial charge in [-0.25, -0.2) is 9.97 Å². The molecule has 0 aliphatic carbocycles. The summed E-state index contributed by atoms with van der Waals surface area (Å²) < 4.78 is 4.05. The van der Waals surface area contributed by atoms with E-state index in [0.29, 0.717) is 5.92 Å². The van der Waals surface area contributed by atoms with E-state index in [2.05, 4.69) is 46.3 Å². The summed E-state index contributed by atoms with van der Waals surface area (Å²) in [6.45, 7) is 6.46. The van der Waals surface area contributed by atoms with Crippen LogP contribution in [0.4, 0.5) is 0 Å². The van der Waals surface area contributed by atoms with E-state index >= 15 is 0 Å². The monoisotopic (exact) mass is 321 g/mol. The quantitative estimate of drug-likeness (QED) is 0.570. The predicted molar refractivity (Wildman–Crippen MR) is 96.3 cm³/mol. The molecule has 0 bridgehead atoms. The molecule has 4 heterocycles. The molecule has 0 aliphatic heterocycles. The second kappa shape index (κ2) is 7.25. The number of hydrogen-bond acceptors (Lipinski definition) is 3. The Morgan fingerprint density at radius 3 is 2.50 bits per heavy atom. The number of imidazole rings is 2. The predicted octanol–water partition coefficient (Wildman–Crippen LogP) is 4.14. The summed E-state index contributed by atoms with van der Waals surface area (Å²) in [6, 6.07) is 6.04. The van der Waals surface area contributed by atoms with Crippen molar-refractivity contribution >= 4 is 11.3 Å². The van der Waals surface area contributed by atoms with Crippen LogP contribution in [0.2, 0.25) is 0 Å². The molecule has 5 nitrogen and oxygen atoms in total. The maximum absolute atomic E-state index is 4.48. The van der Waals surface area contributed by atoms with Gasteiger partial charge < -0.3 is 8.80 Å². The summed E-state index contributed by atoms with van der Waals surface area (Å²) in [5.74, 6) is 0.505. The Morgan fingerprint density at radius 2 is 1.79 bits per heavy atom. The van der Waals surface area contributed by atoms with Gasteiger partial charge in [0.15, 0.2) is 5.65 Å². The number of pyridine rings is 1. The van der Waals surface area contributed by atoms with Crippen molar-refractivity contribution in [3.63, 3.8) is 0 Å². The fourth-order valence-corrected chi connectivity index (χ4v) is 2.56. The number of aromatic nitrogens is 5. The van der Waals surface area contributed by atoms with Crippen LogP contribution in [0.15, 0.2) is 55.4 Å². The van der Waals surface area contributed by atoms with Crippen LogP contribution in [-0.2, 0) is 6.42 Å². The highest BCUT2D eigenvalue weighted by molar-refractivity contribution is 5.43. The fourth-order valence-electron chi connectivity index (χ4n) is 2.56. The molecule has 124 valence electrons. The van der Waals surface area contributed by atoms with E-state index in [-0.39, 0.29) is 0 Å². The van der Waals surface area contributed by atoms with Crippen LogP contribution < -0.4 is 0 Å². The van der Waals surface area contributed by atoms with Gasteiger partial charge in [0, 0.05) is 37.2 Å². The van der Waals surface area contributed by atoms with Crippen molar-refractivity contribution in [2.75, 3.05) is 0 Å². The lowest BCUT2D eigenvalue weighted by Crippen LogP contribution is -1.94. The van der Waals surface area contributed by atoms with Gasteiger partial charge >= 0.3 is 0 Å². The standard InChI is InChI=1S/C10H12N2.C9H11N3/c1-8(2)9-7-12-6-4-3-5-10(12)11-9;1-2-3-8-9-11-5-7-12(9)6-4-10-8/h3-8H,1-2H3;4-7H,2-3H2,1H3. The Labute approximate surface area is 142 Å². The molecule has 0 amide bonds. The summed E-state index contributed by atoms with van der Waals surface area (Å²) in [5.41, 5.74) is 4.26. The van der Waals surface area contributed by atoms with E-state index in [1.165, 1.54) is 0 Å².